The molecular formula is C9H15N3O2. The van der Waals surface area contributed by atoms with Crippen molar-refractivity contribution in [2.75, 3.05) is 13.6 Å². The summed E-state index contributed by atoms with van der Waals surface area (Å²) < 4.78 is 2.01. The lowest BCUT2D eigenvalue weighted by atomic mass is 10.4. The number of aryl methyl sites for hydroxylation is 2. The van der Waals surface area contributed by atoms with Crippen molar-refractivity contribution in [2.24, 2.45) is 0 Å². The molecule has 0 atom stereocenters. The van der Waals surface area contributed by atoms with E-state index in [1.807, 2.05) is 17.7 Å². The Morgan fingerprint density at radius 3 is 2.93 bits per heavy atom. The van der Waals surface area contributed by atoms with Gasteiger partial charge in [-0.15, -0.1) is 0 Å². The number of nitrogens with zero attached hydrogens (tertiary/aromatic N) is 3. The predicted octanol–water partition coefficient (Wildman–Crippen LogP) is 1.19. The van der Waals surface area contributed by atoms with E-state index in [1.54, 1.807) is 13.2 Å². The molecule has 14 heavy (non-hydrogen) atoms. The van der Waals surface area contributed by atoms with Gasteiger partial charge >= 0.3 is 6.09 Å². The topological polar surface area (TPSA) is 58.4 Å². The van der Waals surface area contributed by atoms with E-state index in [1.165, 1.54) is 4.90 Å². The van der Waals surface area contributed by atoms with Crippen molar-refractivity contribution in [3.8, 4) is 0 Å². The fraction of sp³-hybridized carbons (Fsp3) is 0.556. The van der Waals surface area contributed by atoms with E-state index in [0.717, 1.165) is 18.8 Å². The summed E-state index contributed by atoms with van der Waals surface area (Å²) in [7, 11) is 1.57. The summed E-state index contributed by atoms with van der Waals surface area (Å²) >= 11 is 0. The highest BCUT2D eigenvalue weighted by atomic mass is 16.4. The Morgan fingerprint density at radius 2 is 2.43 bits per heavy atom. The molecule has 1 aromatic rings. The average Bonchev–Trinajstić information content (AvgIpc) is 2.51. The van der Waals surface area contributed by atoms with Crippen molar-refractivity contribution < 1.29 is 9.90 Å². The minimum Gasteiger partial charge on any atom is -0.465 e. The monoisotopic (exact) mass is 197 g/mol. The zero-order chi connectivity index (χ0) is 10.6. The molecule has 5 nitrogen and oxygen atoms in total. The summed E-state index contributed by atoms with van der Waals surface area (Å²) in [5.74, 6) is 0.961. The molecule has 1 aromatic heterocycles. The van der Waals surface area contributed by atoms with Crippen molar-refractivity contribution in [2.45, 2.75) is 19.9 Å². The maximum atomic E-state index is 10.5. The number of aromatic nitrogens is 2. The zero-order valence-electron chi connectivity index (χ0n) is 8.47. The van der Waals surface area contributed by atoms with E-state index >= 15 is 0 Å². The van der Waals surface area contributed by atoms with Crippen molar-refractivity contribution >= 4 is 6.09 Å². The first-order chi connectivity index (χ1) is 6.61. The Hall–Kier alpha value is -1.52. The molecule has 1 rings (SSSR count). The van der Waals surface area contributed by atoms with Gasteiger partial charge in [-0.2, -0.15) is 0 Å². The van der Waals surface area contributed by atoms with Gasteiger partial charge in [-0.25, -0.2) is 9.78 Å². The third-order valence-electron chi connectivity index (χ3n) is 2.14. The number of carboxylic acid groups (broad SMARTS) is 1. The van der Waals surface area contributed by atoms with Crippen LogP contribution < -0.4 is 0 Å². The second kappa shape index (κ2) is 4.64. The smallest absolute Gasteiger partial charge is 0.407 e. The highest BCUT2D eigenvalue weighted by Gasteiger charge is 2.04. The van der Waals surface area contributed by atoms with Gasteiger partial charge in [0.1, 0.15) is 5.82 Å². The van der Waals surface area contributed by atoms with Crippen molar-refractivity contribution in [1.29, 1.82) is 0 Å². The van der Waals surface area contributed by atoms with E-state index in [-0.39, 0.29) is 0 Å². The van der Waals surface area contributed by atoms with E-state index < -0.39 is 6.09 Å². The second-order valence-corrected chi connectivity index (χ2v) is 3.23. The second-order valence-electron chi connectivity index (χ2n) is 3.23. The largest absolute Gasteiger partial charge is 0.465 e. The van der Waals surface area contributed by atoms with Crippen molar-refractivity contribution in [3.63, 3.8) is 0 Å². The third-order valence-corrected chi connectivity index (χ3v) is 2.14. The maximum absolute atomic E-state index is 10.5. The number of carbonyl (C=O) groups is 1. The van der Waals surface area contributed by atoms with E-state index in [4.69, 9.17) is 5.11 Å². The molecule has 1 amide bonds. The molecule has 0 unspecified atom stereocenters. The molecule has 0 bridgehead atoms. The van der Waals surface area contributed by atoms with Gasteiger partial charge in [-0.1, -0.05) is 0 Å². The van der Waals surface area contributed by atoms with Crippen molar-refractivity contribution in [3.05, 3.63) is 18.2 Å². The molecule has 0 saturated heterocycles. The molecule has 78 valence electrons. The standard InChI is InChI=1S/C9H15N3O2/c1-8-10-4-7-12(8)6-3-5-11(2)9(13)14/h4,7H,3,5-6H2,1-2H3,(H,13,14). The quantitative estimate of drug-likeness (QED) is 0.788. The molecule has 1 heterocycles. The highest BCUT2D eigenvalue weighted by Crippen LogP contribution is 1.98. The van der Waals surface area contributed by atoms with Crippen LogP contribution in [0.25, 0.3) is 0 Å². The number of imidazole rings is 1. The summed E-state index contributed by atoms with van der Waals surface area (Å²) in [6.45, 7) is 3.29. The van der Waals surface area contributed by atoms with Gasteiger partial charge in [-0.05, 0) is 13.3 Å². The van der Waals surface area contributed by atoms with Crippen molar-refractivity contribution in [1.82, 2.24) is 14.5 Å². The lowest BCUT2D eigenvalue weighted by Gasteiger charge is -2.12. The molecule has 0 spiro atoms. The molecule has 0 saturated carbocycles. The minimum atomic E-state index is -0.882. The van der Waals surface area contributed by atoms with Gasteiger partial charge in [-0.3, -0.25) is 0 Å². The molecule has 1 N–H and O–H groups in total. The summed E-state index contributed by atoms with van der Waals surface area (Å²) in [5.41, 5.74) is 0. The summed E-state index contributed by atoms with van der Waals surface area (Å²) in [5, 5.41) is 8.60. The van der Waals surface area contributed by atoms with Crippen LogP contribution in [0.1, 0.15) is 12.2 Å². The molecular weight excluding hydrogens is 182 g/mol. The first-order valence-electron chi connectivity index (χ1n) is 4.53. The van der Waals surface area contributed by atoms with Crippen LogP contribution in [0.5, 0.6) is 0 Å². The van der Waals surface area contributed by atoms with Crippen LogP contribution in [-0.4, -0.2) is 39.2 Å². The number of hydrogen-bond donors (Lipinski definition) is 1. The fourth-order valence-electron chi connectivity index (χ4n) is 1.21. The molecule has 5 heteroatoms. The Labute approximate surface area is 83.0 Å². The Bertz CT molecular complexity index is 309. The van der Waals surface area contributed by atoms with Crippen LogP contribution in [0.4, 0.5) is 4.79 Å². The van der Waals surface area contributed by atoms with Gasteiger partial charge in [0, 0.05) is 32.5 Å². The first-order valence-corrected chi connectivity index (χ1v) is 4.53. The molecule has 0 aliphatic carbocycles. The summed E-state index contributed by atoms with van der Waals surface area (Å²) in [6, 6.07) is 0. The number of rotatable bonds is 4. The number of amides is 1. The maximum Gasteiger partial charge on any atom is 0.407 e. The first kappa shape index (κ1) is 10.6. The molecule has 0 aliphatic rings. The van der Waals surface area contributed by atoms with Gasteiger partial charge in [0.25, 0.3) is 0 Å². The fourth-order valence-corrected chi connectivity index (χ4v) is 1.21. The highest BCUT2D eigenvalue weighted by molar-refractivity contribution is 5.64. The van der Waals surface area contributed by atoms with Crippen LogP contribution in [0.15, 0.2) is 12.4 Å². The third kappa shape index (κ3) is 2.76. The molecule has 0 aliphatic heterocycles. The van der Waals surface area contributed by atoms with Gasteiger partial charge < -0.3 is 14.6 Å². The normalized spacial score (nSPS) is 10.1. The van der Waals surface area contributed by atoms with E-state index in [9.17, 15) is 4.79 Å². The van der Waals surface area contributed by atoms with Crippen LogP contribution in [0.3, 0.4) is 0 Å². The summed E-state index contributed by atoms with van der Waals surface area (Å²) in [6.07, 6.45) is 3.57. The molecule has 0 fully saturated rings. The van der Waals surface area contributed by atoms with Gasteiger partial charge in [0.05, 0.1) is 0 Å². The van der Waals surface area contributed by atoms with E-state index in [2.05, 4.69) is 4.98 Å². The van der Waals surface area contributed by atoms with Gasteiger partial charge in [0.15, 0.2) is 0 Å². The number of hydrogen-bond acceptors (Lipinski definition) is 2. The van der Waals surface area contributed by atoms with Crippen LogP contribution in [-0.2, 0) is 6.54 Å². The minimum absolute atomic E-state index is 0.549. The van der Waals surface area contributed by atoms with E-state index in [0.29, 0.717) is 6.54 Å². The molecule has 0 aromatic carbocycles. The van der Waals surface area contributed by atoms with Crippen LogP contribution in [0.2, 0.25) is 0 Å². The Balaban J connectivity index is 2.29. The predicted molar refractivity (Wildman–Crippen MR) is 52.2 cm³/mol. The SMILES string of the molecule is Cc1nccn1CCCN(C)C(=O)O. The Morgan fingerprint density at radius 1 is 1.71 bits per heavy atom. The Kier molecular flexibility index (Phi) is 3.50. The zero-order valence-corrected chi connectivity index (χ0v) is 8.47. The molecule has 0 radical (unpaired) electrons. The lowest BCUT2D eigenvalue weighted by molar-refractivity contribution is 0.155. The van der Waals surface area contributed by atoms with Crippen LogP contribution >= 0.6 is 0 Å². The van der Waals surface area contributed by atoms with Gasteiger partial charge in [0.2, 0.25) is 0 Å². The van der Waals surface area contributed by atoms with Crippen LogP contribution in [0, 0.1) is 6.92 Å². The summed E-state index contributed by atoms with van der Waals surface area (Å²) in [4.78, 5) is 15.8. The lowest BCUT2D eigenvalue weighted by Crippen LogP contribution is -2.26. The average molecular weight is 197 g/mol.